The molecule has 0 spiro atoms. The van der Waals surface area contributed by atoms with Crippen molar-refractivity contribution in [2.24, 2.45) is 5.92 Å². The molecule has 2 aromatic carbocycles. The van der Waals surface area contributed by atoms with E-state index < -0.39 is 0 Å². The molecule has 0 aliphatic carbocycles. The lowest BCUT2D eigenvalue weighted by Crippen LogP contribution is -2.20. The van der Waals surface area contributed by atoms with Crippen LogP contribution in [0.2, 0.25) is 0 Å². The van der Waals surface area contributed by atoms with E-state index in [1.54, 1.807) is 0 Å². The summed E-state index contributed by atoms with van der Waals surface area (Å²) in [4.78, 5) is 2.57. The Bertz CT molecular complexity index is 567. The molecule has 1 saturated heterocycles. The van der Waals surface area contributed by atoms with E-state index in [1.807, 2.05) is 0 Å². The van der Waals surface area contributed by atoms with Gasteiger partial charge in [0.05, 0.1) is 0 Å². The minimum absolute atomic E-state index is 0.649. The number of hydrogen-bond donors (Lipinski definition) is 0. The summed E-state index contributed by atoms with van der Waals surface area (Å²) < 4.78 is 1.18. The fraction of sp³-hybridized carbons (Fsp3) is 0.333. The monoisotopic (exact) mass is 329 g/mol. The predicted molar refractivity (Wildman–Crippen MR) is 87.8 cm³/mol. The van der Waals surface area contributed by atoms with Crippen LogP contribution in [0.5, 0.6) is 0 Å². The normalized spacial score (nSPS) is 23.1. The second kappa shape index (κ2) is 6.11. The largest absolute Gasteiger partial charge is 0.298 e. The summed E-state index contributed by atoms with van der Waals surface area (Å²) in [5.41, 5.74) is 2.87. The third-order valence-corrected chi connectivity index (χ3v) is 4.71. The van der Waals surface area contributed by atoms with Crippen molar-refractivity contribution in [3.05, 3.63) is 70.2 Å². The molecule has 0 saturated carbocycles. The van der Waals surface area contributed by atoms with Crippen molar-refractivity contribution in [3.63, 3.8) is 0 Å². The van der Waals surface area contributed by atoms with Crippen LogP contribution in [-0.2, 0) is 6.54 Å². The van der Waals surface area contributed by atoms with E-state index in [0.29, 0.717) is 11.8 Å². The first-order valence-electron chi connectivity index (χ1n) is 7.24. The number of likely N-dealkylation sites (tertiary alicyclic amines) is 1. The molecule has 1 nitrogen and oxygen atoms in total. The molecule has 3 rings (SSSR count). The van der Waals surface area contributed by atoms with Crippen LogP contribution in [0, 0.1) is 5.92 Å². The molecule has 0 bridgehead atoms. The van der Waals surface area contributed by atoms with Crippen molar-refractivity contribution in [2.75, 3.05) is 13.1 Å². The van der Waals surface area contributed by atoms with E-state index in [0.717, 1.165) is 13.1 Å². The van der Waals surface area contributed by atoms with E-state index in [4.69, 9.17) is 0 Å². The maximum Gasteiger partial charge on any atom is 0.0234 e. The number of benzene rings is 2. The second-order valence-corrected chi connectivity index (χ2v) is 6.73. The highest BCUT2D eigenvalue weighted by Gasteiger charge is 2.30. The van der Waals surface area contributed by atoms with Crippen LogP contribution in [0.4, 0.5) is 0 Å². The van der Waals surface area contributed by atoms with Crippen LogP contribution in [0.1, 0.15) is 24.0 Å². The molecule has 1 aliphatic heterocycles. The summed E-state index contributed by atoms with van der Waals surface area (Å²) in [7, 11) is 0. The first-order valence-corrected chi connectivity index (χ1v) is 8.03. The number of rotatable bonds is 3. The Hall–Kier alpha value is -1.12. The average molecular weight is 330 g/mol. The molecule has 0 amide bonds. The summed E-state index contributed by atoms with van der Waals surface area (Å²) in [5, 5.41) is 0. The van der Waals surface area contributed by atoms with Gasteiger partial charge in [0.15, 0.2) is 0 Å². The summed E-state index contributed by atoms with van der Waals surface area (Å²) in [6.45, 7) is 5.78. The van der Waals surface area contributed by atoms with Gasteiger partial charge in [-0.25, -0.2) is 0 Å². The number of halogens is 1. The lowest BCUT2D eigenvalue weighted by molar-refractivity contribution is 0.319. The minimum Gasteiger partial charge on any atom is -0.298 e. The second-order valence-electron chi connectivity index (χ2n) is 5.82. The quantitative estimate of drug-likeness (QED) is 0.789. The molecule has 20 heavy (non-hydrogen) atoms. The Morgan fingerprint density at radius 2 is 1.85 bits per heavy atom. The number of hydrogen-bond acceptors (Lipinski definition) is 1. The average Bonchev–Trinajstić information content (AvgIpc) is 2.81. The van der Waals surface area contributed by atoms with Crippen molar-refractivity contribution in [3.8, 4) is 0 Å². The lowest BCUT2D eigenvalue weighted by atomic mass is 9.90. The van der Waals surface area contributed by atoms with E-state index >= 15 is 0 Å². The fourth-order valence-electron chi connectivity index (χ4n) is 3.21. The molecule has 0 aromatic heterocycles. The summed E-state index contributed by atoms with van der Waals surface area (Å²) in [6.07, 6.45) is 0. The van der Waals surface area contributed by atoms with Gasteiger partial charge in [0.2, 0.25) is 0 Å². The molecule has 0 radical (unpaired) electrons. The molecule has 2 aromatic rings. The first-order chi connectivity index (χ1) is 9.72. The zero-order valence-electron chi connectivity index (χ0n) is 11.8. The predicted octanol–water partition coefficient (Wildman–Crippen LogP) is 4.68. The SMILES string of the molecule is C[C@H]1CN(Cc2ccccc2)C[C@@H]1c1cccc(Br)c1. The maximum absolute atomic E-state index is 3.58. The van der Waals surface area contributed by atoms with Crippen molar-refractivity contribution in [1.82, 2.24) is 4.90 Å². The van der Waals surface area contributed by atoms with Gasteiger partial charge in [-0.2, -0.15) is 0 Å². The summed E-state index contributed by atoms with van der Waals surface area (Å²) in [6, 6.07) is 19.6. The molecule has 104 valence electrons. The minimum atomic E-state index is 0.649. The van der Waals surface area contributed by atoms with E-state index in [2.05, 4.69) is 82.4 Å². The highest BCUT2D eigenvalue weighted by Crippen LogP contribution is 2.34. The van der Waals surface area contributed by atoms with Crippen molar-refractivity contribution < 1.29 is 0 Å². The summed E-state index contributed by atoms with van der Waals surface area (Å²) >= 11 is 3.58. The molecule has 0 N–H and O–H groups in total. The van der Waals surface area contributed by atoms with Gasteiger partial charge in [-0.15, -0.1) is 0 Å². The third kappa shape index (κ3) is 3.13. The van der Waals surface area contributed by atoms with E-state index in [9.17, 15) is 0 Å². The Morgan fingerprint density at radius 1 is 1.05 bits per heavy atom. The molecule has 2 atom stereocenters. The van der Waals surface area contributed by atoms with Gasteiger partial charge in [0.1, 0.15) is 0 Å². The molecule has 2 heteroatoms. The smallest absolute Gasteiger partial charge is 0.0234 e. The molecular formula is C18H20BrN. The third-order valence-electron chi connectivity index (χ3n) is 4.21. The fourth-order valence-corrected chi connectivity index (χ4v) is 3.63. The molecule has 1 aliphatic rings. The van der Waals surface area contributed by atoms with E-state index in [1.165, 1.54) is 22.1 Å². The Morgan fingerprint density at radius 3 is 2.60 bits per heavy atom. The Labute approximate surface area is 129 Å². The Balaban J connectivity index is 1.71. The topological polar surface area (TPSA) is 3.24 Å². The number of nitrogens with zero attached hydrogens (tertiary/aromatic N) is 1. The highest BCUT2D eigenvalue weighted by molar-refractivity contribution is 9.10. The summed E-state index contributed by atoms with van der Waals surface area (Å²) in [5.74, 6) is 1.37. The van der Waals surface area contributed by atoms with Gasteiger partial charge in [-0.05, 0) is 29.2 Å². The lowest BCUT2D eigenvalue weighted by Gasteiger charge is -2.16. The maximum atomic E-state index is 3.58. The van der Waals surface area contributed by atoms with E-state index in [-0.39, 0.29) is 0 Å². The zero-order valence-corrected chi connectivity index (χ0v) is 13.4. The van der Waals surface area contributed by atoms with Gasteiger partial charge in [0.25, 0.3) is 0 Å². The van der Waals surface area contributed by atoms with Crippen LogP contribution >= 0.6 is 15.9 Å². The van der Waals surface area contributed by atoms with Gasteiger partial charge in [-0.1, -0.05) is 65.3 Å². The van der Waals surface area contributed by atoms with Crippen LogP contribution in [0.15, 0.2) is 59.1 Å². The van der Waals surface area contributed by atoms with Gasteiger partial charge >= 0.3 is 0 Å². The van der Waals surface area contributed by atoms with Crippen molar-refractivity contribution in [1.29, 1.82) is 0 Å². The van der Waals surface area contributed by atoms with Crippen LogP contribution in [-0.4, -0.2) is 18.0 Å². The van der Waals surface area contributed by atoms with Gasteiger partial charge in [0, 0.05) is 30.0 Å². The van der Waals surface area contributed by atoms with Crippen LogP contribution in [0.25, 0.3) is 0 Å². The van der Waals surface area contributed by atoms with Crippen molar-refractivity contribution >= 4 is 15.9 Å². The molecule has 0 unspecified atom stereocenters. The van der Waals surface area contributed by atoms with Gasteiger partial charge < -0.3 is 0 Å². The standard InChI is InChI=1S/C18H20BrN/c1-14-11-20(12-15-6-3-2-4-7-15)13-18(14)16-8-5-9-17(19)10-16/h2-10,14,18H,11-13H2,1H3/t14-,18-/m0/s1. The molecule has 1 heterocycles. The molecule has 1 fully saturated rings. The first kappa shape index (κ1) is 13.8. The van der Waals surface area contributed by atoms with Crippen molar-refractivity contribution in [2.45, 2.75) is 19.4 Å². The molecular weight excluding hydrogens is 310 g/mol. The van der Waals surface area contributed by atoms with Crippen LogP contribution < -0.4 is 0 Å². The Kier molecular flexibility index (Phi) is 4.23. The van der Waals surface area contributed by atoms with Gasteiger partial charge in [-0.3, -0.25) is 4.90 Å². The van der Waals surface area contributed by atoms with Crippen LogP contribution in [0.3, 0.4) is 0 Å². The highest BCUT2D eigenvalue weighted by atomic mass is 79.9. The zero-order chi connectivity index (χ0) is 13.9.